The van der Waals surface area contributed by atoms with Gasteiger partial charge in [-0.15, -0.1) is 0 Å². The topological polar surface area (TPSA) is 76.4 Å². The minimum Gasteiger partial charge on any atom is -0.508 e. The van der Waals surface area contributed by atoms with Crippen molar-refractivity contribution < 1.29 is 9.90 Å². The van der Waals surface area contributed by atoms with Gasteiger partial charge in [-0.25, -0.2) is 0 Å². The molecule has 6 heteroatoms. The molecule has 2 aromatic carbocycles. The molecule has 0 aliphatic carbocycles. The van der Waals surface area contributed by atoms with E-state index in [1.54, 1.807) is 12.1 Å². The van der Waals surface area contributed by atoms with Crippen LogP contribution in [-0.4, -0.2) is 22.5 Å². The summed E-state index contributed by atoms with van der Waals surface area (Å²) >= 11 is 1.13. The second-order valence-electron chi connectivity index (χ2n) is 6.68. The van der Waals surface area contributed by atoms with Crippen molar-refractivity contribution in [3.05, 3.63) is 53.6 Å². The summed E-state index contributed by atoms with van der Waals surface area (Å²) in [5.41, 5.74) is 3.05. The Kier molecular flexibility index (Phi) is 4.48. The lowest BCUT2D eigenvalue weighted by atomic mass is 9.88. The van der Waals surface area contributed by atoms with Gasteiger partial charge in [0.25, 0.3) is 0 Å². The third-order valence-electron chi connectivity index (χ3n) is 5.09. The first-order valence-corrected chi connectivity index (χ1v) is 9.52. The van der Waals surface area contributed by atoms with Crippen LogP contribution in [0.25, 0.3) is 0 Å². The number of carbonyl (C=O) groups is 1. The number of fused-ring (bicyclic) bond motifs is 1. The van der Waals surface area contributed by atoms with Crippen molar-refractivity contribution in [2.24, 2.45) is 0 Å². The summed E-state index contributed by atoms with van der Waals surface area (Å²) in [4.78, 5) is 15.3. The second kappa shape index (κ2) is 6.93. The number of nitriles is 1. The van der Waals surface area contributed by atoms with E-state index in [2.05, 4.69) is 10.7 Å². The number of aromatic hydroxyl groups is 1. The van der Waals surface area contributed by atoms with Gasteiger partial charge >= 0.3 is 0 Å². The molecule has 2 atom stereocenters. The molecular formula is C20H19N3O2S. The van der Waals surface area contributed by atoms with Gasteiger partial charge in [0.2, 0.25) is 5.91 Å². The Labute approximate surface area is 156 Å². The van der Waals surface area contributed by atoms with E-state index in [0.717, 1.165) is 52.9 Å². The molecular weight excluding hydrogens is 346 g/mol. The summed E-state index contributed by atoms with van der Waals surface area (Å²) < 4.78 is 0. The summed E-state index contributed by atoms with van der Waals surface area (Å²) in [6, 6.07) is 13.2. The number of phenols is 1. The second-order valence-corrected chi connectivity index (χ2v) is 7.53. The van der Waals surface area contributed by atoms with Gasteiger partial charge in [-0.05, 0) is 66.1 Å². The van der Waals surface area contributed by atoms with Crippen molar-refractivity contribution in [1.82, 2.24) is 4.90 Å². The van der Waals surface area contributed by atoms with Crippen LogP contribution in [0.3, 0.4) is 0 Å². The lowest BCUT2D eigenvalue weighted by molar-refractivity contribution is -0.130. The third-order valence-corrected chi connectivity index (χ3v) is 5.67. The molecule has 2 aliphatic rings. The molecule has 1 saturated heterocycles. The normalized spacial score (nSPS) is 21.8. The minimum atomic E-state index is -0.0205. The SMILES string of the molecule is N#CSc1ccc2c(c1)C(N1CCCC1=O)CC(c1cccc(O)c1)N2. The number of hydrogen-bond donors (Lipinski definition) is 2. The number of rotatable bonds is 3. The molecule has 132 valence electrons. The van der Waals surface area contributed by atoms with Crippen LogP contribution >= 0.6 is 11.8 Å². The zero-order chi connectivity index (χ0) is 18.1. The molecule has 2 heterocycles. The zero-order valence-electron chi connectivity index (χ0n) is 14.2. The number of phenolic OH excluding ortho intramolecular Hbond substituents is 1. The van der Waals surface area contributed by atoms with E-state index in [-0.39, 0.29) is 23.7 Å². The molecule has 1 fully saturated rings. The van der Waals surface area contributed by atoms with Crippen LogP contribution in [0.2, 0.25) is 0 Å². The molecule has 2 aromatic rings. The predicted molar refractivity (Wildman–Crippen MR) is 101 cm³/mol. The highest BCUT2D eigenvalue weighted by Gasteiger charge is 2.36. The summed E-state index contributed by atoms with van der Waals surface area (Å²) in [7, 11) is 0. The number of carbonyl (C=O) groups excluding carboxylic acids is 1. The van der Waals surface area contributed by atoms with Crippen LogP contribution in [0.4, 0.5) is 5.69 Å². The molecule has 2 aliphatic heterocycles. The molecule has 26 heavy (non-hydrogen) atoms. The zero-order valence-corrected chi connectivity index (χ0v) is 15.0. The van der Waals surface area contributed by atoms with E-state index >= 15 is 0 Å². The van der Waals surface area contributed by atoms with Crippen molar-refractivity contribution in [1.29, 1.82) is 5.26 Å². The average Bonchev–Trinajstić information content (AvgIpc) is 3.07. The number of benzene rings is 2. The lowest BCUT2D eigenvalue weighted by Gasteiger charge is -2.38. The molecule has 0 radical (unpaired) electrons. The fourth-order valence-corrected chi connectivity index (χ4v) is 4.34. The van der Waals surface area contributed by atoms with Gasteiger partial charge in [-0.2, -0.15) is 5.26 Å². The maximum Gasteiger partial charge on any atom is 0.223 e. The van der Waals surface area contributed by atoms with E-state index < -0.39 is 0 Å². The first kappa shape index (κ1) is 16.8. The fourth-order valence-electron chi connectivity index (χ4n) is 3.92. The molecule has 5 nitrogen and oxygen atoms in total. The predicted octanol–water partition coefficient (Wildman–Crippen LogP) is 4.19. The molecule has 1 amide bonds. The number of hydrogen-bond acceptors (Lipinski definition) is 5. The number of anilines is 1. The Balaban J connectivity index is 1.74. The van der Waals surface area contributed by atoms with Crippen LogP contribution in [-0.2, 0) is 4.79 Å². The largest absolute Gasteiger partial charge is 0.508 e. The Bertz CT molecular complexity index is 893. The van der Waals surface area contributed by atoms with E-state index in [1.165, 1.54) is 0 Å². The summed E-state index contributed by atoms with van der Waals surface area (Å²) in [6.45, 7) is 0.769. The molecule has 2 unspecified atom stereocenters. The molecule has 4 rings (SSSR count). The number of amides is 1. The maximum atomic E-state index is 12.4. The highest BCUT2D eigenvalue weighted by molar-refractivity contribution is 8.03. The van der Waals surface area contributed by atoms with Gasteiger partial charge in [0.15, 0.2) is 0 Å². The van der Waals surface area contributed by atoms with Crippen molar-refractivity contribution in [3.63, 3.8) is 0 Å². The number of nitrogens with zero attached hydrogens (tertiary/aromatic N) is 2. The van der Waals surface area contributed by atoms with Crippen molar-refractivity contribution in [2.45, 2.75) is 36.2 Å². The van der Waals surface area contributed by atoms with E-state index in [0.29, 0.717) is 6.42 Å². The Morgan fingerprint density at radius 2 is 2.15 bits per heavy atom. The van der Waals surface area contributed by atoms with Crippen LogP contribution < -0.4 is 5.32 Å². The lowest BCUT2D eigenvalue weighted by Crippen LogP contribution is -2.35. The number of nitrogens with one attached hydrogen (secondary N) is 1. The molecule has 0 saturated carbocycles. The van der Waals surface area contributed by atoms with Gasteiger partial charge in [-0.3, -0.25) is 4.79 Å². The van der Waals surface area contributed by atoms with Gasteiger partial charge < -0.3 is 15.3 Å². The van der Waals surface area contributed by atoms with E-state index in [4.69, 9.17) is 5.26 Å². The molecule has 0 spiro atoms. The van der Waals surface area contributed by atoms with Crippen LogP contribution in [0.5, 0.6) is 5.75 Å². The third kappa shape index (κ3) is 3.11. The fraction of sp³-hybridized carbons (Fsp3) is 0.300. The van der Waals surface area contributed by atoms with Crippen molar-refractivity contribution >= 4 is 23.4 Å². The average molecular weight is 365 g/mol. The number of thiocyanates is 1. The molecule has 2 N–H and O–H groups in total. The Morgan fingerprint density at radius 3 is 2.88 bits per heavy atom. The first-order chi connectivity index (χ1) is 12.7. The van der Waals surface area contributed by atoms with Gasteiger partial charge in [0, 0.05) is 23.5 Å². The quantitative estimate of drug-likeness (QED) is 0.630. The number of likely N-dealkylation sites (tertiary alicyclic amines) is 1. The Hall–Kier alpha value is -2.65. The summed E-state index contributed by atoms with van der Waals surface area (Å²) in [5.74, 6) is 0.431. The molecule has 0 bridgehead atoms. The van der Waals surface area contributed by atoms with Gasteiger partial charge in [0.05, 0.1) is 12.1 Å². The Morgan fingerprint density at radius 1 is 1.27 bits per heavy atom. The number of thioether (sulfide) groups is 1. The van der Waals surface area contributed by atoms with E-state index in [9.17, 15) is 9.90 Å². The van der Waals surface area contributed by atoms with Gasteiger partial charge in [-0.1, -0.05) is 12.1 Å². The summed E-state index contributed by atoms with van der Waals surface area (Å²) in [5, 5.41) is 24.4. The standard InChI is InChI=1S/C20H19N3O2S/c21-12-26-15-6-7-17-16(10-15)19(23-8-2-5-20(23)25)11-18(22-17)13-3-1-4-14(24)9-13/h1,3-4,6-7,9-10,18-19,22,24H,2,5,8,11H2. The summed E-state index contributed by atoms with van der Waals surface area (Å²) in [6.07, 6.45) is 2.23. The minimum absolute atomic E-state index is 0.0162. The van der Waals surface area contributed by atoms with Crippen LogP contribution in [0, 0.1) is 10.7 Å². The highest BCUT2D eigenvalue weighted by atomic mass is 32.2. The first-order valence-electron chi connectivity index (χ1n) is 8.70. The van der Waals surface area contributed by atoms with Gasteiger partial charge in [0.1, 0.15) is 11.2 Å². The smallest absolute Gasteiger partial charge is 0.223 e. The van der Waals surface area contributed by atoms with Crippen LogP contribution in [0.1, 0.15) is 42.5 Å². The van der Waals surface area contributed by atoms with E-state index in [1.807, 2.05) is 35.2 Å². The maximum absolute atomic E-state index is 12.4. The van der Waals surface area contributed by atoms with Crippen LogP contribution in [0.15, 0.2) is 47.4 Å². The molecule has 0 aromatic heterocycles. The highest BCUT2D eigenvalue weighted by Crippen LogP contribution is 2.44. The monoisotopic (exact) mass is 365 g/mol. The van der Waals surface area contributed by atoms with Crippen molar-refractivity contribution in [3.8, 4) is 11.2 Å². The van der Waals surface area contributed by atoms with Crippen molar-refractivity contribution in [2.75, 3.05) is 11.9 Å².